The first-order chi connectivity index (χ1) is 13.8. The zero-order chi connectivity index (χ0) is 21.0. The van der Waals surface area contributed by atoms with Crippen LogP contribution in [0.15, 0.2) is 77.7 Å². The topological polar surface area (TPSA) is 90.3 Å². The lowest BCUT2D eigenvalue weighted by molar-refractivity contribution is 0.102. The van der Waals surface area contributed by atoms with Crippen molar-refractivity contribution in [2.45, 2.75) is 4.90 Å². The van der Waals surface area contributed by atoms with Crippen LogP contribution in [0.25, 0.3) is 0 Å². The highest BCUT2D eigenvalue weighted by molar-refractivity contribution is 7.92. The number of carbonyl (C=O) groups excluding carboxylic acids is 1. The van der Waals surface area contributed by atoms with Crippen LogP contribution in [0, 0.1) is 11.3 Å². The van der Waals surface area contributed by atoms with Gasteiger partial charge in [0.15, 0.2) is 0 Å². The fraction of sp³-hybridized carbons (Fsp3) is 0.0476. The molecule has 0 aliphatic heterocycles. The Morgan fingerprint density at radius 2 is 1.76 bits per heavy atom. The number of hydrogen-bond acceptors (Lipinski definition) is 4. The van der Waals surface area contributed by atoms with Crippen LogP contribution >= 0.6 is 11.6 Å². The van der Waals surface area contributed by atoms with E-state index >= 15 is 0 Å². The number of rotatable bonds is 5. The SMILES string of the molecule is CN(c1cccc(Cl)c1)S(=O)(=O)c1cccc(C(=O)Nc2cccc(C#N)c2)c1. The van der Waals surface area contributed by atoms with Crippen LogP contribution in [-0.4, -0.2) is 21.4 Å². The summed E-state index contributed by atoms with van der Waals surface area (Å²) in [6, 6.07) is 20.7. The Morgan fingerprint density at radius 1 is 1.03 bits per heavy atom. The summed E-state index contributed by atoms with van der Waals surface area (Å²) >= 11 is 5.96. The molecule has 8 heteroatoms. The van der Waals surface area contributed by atoms with Crippen LogP contribution < -0.4 is 9.62 Å². The van der Waals surface area contributed by atoms with Crippen molar-refractivity contribution in [3.63, 3.8) is 0 Å². The van der Waals surface area contributed by atoms with E-state index in [0.717, 1.165) is 4.31 Å². The molecule has 3 rings (SSSR count). The molecule has 0 saturated heterocycles. The van der Waals surface area contributed by atoms with Gasteiger partial charge in [-0.1, -0.05) is 29.8 Å². The molecule has 0 unspecified atom stereocenters. The maximum absolute atomic E-state index is 13.0. The zero-order valence-electron chi connectivity index (χ0n) is 15.3. The number of hydrogen-bond donors (Lipinski definition) is 1. The van der Waals surface area contributed by atoms with Crippen molar-refractivity contribution in [2.75, 3.05) is 16.7 Å². The molecule has 29 heavy (non-hydrogen) atoms. The summed E-state index contributed by atoms with van der Waals surface area (Å²) in [5.74, 6) is -0.484. The highest BCUT2D eigenvalue weighted by Crippen LogP contribution is 2.25. The van der Waals surface area contributed by atoms with E-state index in [1.165, 1.54) is 43.4 Å². The molecular formula is C21H16ClN3O3S. The van der Waals surface area contributed by atoms with Crippen molar-refractivity contribution in [2.24, 2.45) is 0 Å². The predicted molar refractivity (Wildman–Crippen MR) is 113 cm³/mol. The van der Waals surface area contributed by atoms with Gasteiger partial charge >= 0.3 is 0 Å². The lowest BCUT2D eigenvalue weighted by atomic mass is 10.2. The van der Waals surface area contributed by atoms with Gasteiger partial charge in [0.2, 0.25) is 0 Å². The van der Waals surface area contributed by atoms with E-state index in [4.69, 9.17) is 16.9 Å². The number of amides is 1. The first kappa shape index (κ1) is 20.4. The number of anilines is 2. The Balaban J connectivity index is 1.88. The van der Waals surface area contributed by atoms with Gasteiger partial charge in [-0.2, -0.15) is 5.26 Å². The van der Waals surface area contributed by atoms with Crippen LogP contribution in [0.2, 0.25) is 5.02 Å². The van der Waals surface area contributed by atoms with E-state index in [1.807, 2.05) is 6.07 Å². The quantitative estimate of drug-likeness (QED) is 0.660. The second-order valence-electron chi connectivity index (χ2n) is 6.13. The van der Waals surface area contributed by atoms with Crippen LogP contribution in [0.3, 0.4) is 0 Å². The summed E-state index contributed by atoms with van der Waals surface area (Å²) in [6.45, 7) is 0. The third-order valence-corrected chi connectivity index (χ3v) is 6.19. The van der Waals surface area contributed by atoms with Crippen LogP contribution in [0.1, 0.15) is 15.9 Å². The molecule has 1 N–H and O–H groups in total. The number of carbonyl (C=O) groups is 1. The van der Waals surface area contributed by atoms with Gasteiger partial charge in [0.1, 0.15) is 0 Å². The summed E-state index contributed by atoms with van der Waals surface area (Å²) in [4.78, 5) is 12.5. The molecule has 0 bridgehead atoms. The lowest BCUT2D eigenvalue weighted by Gasteiger charge is -2.20. The van der Waals surface area contributed by atoms with E-state index < -0.39 is 15.9 Å². The third-order valence-electron chi connectivity index (χ3n) is 4.18. The maximum atomic E-state index is 13.0. The minimum Gasteiger partial charge on any atom is -0.322 e. The molecule has 0 aliphatic carbocycles. The molecule has 3 aromatic rings. The van der Waals surface area contributed by atoms with E-state index in [9.17, 15) is 13.2 Å². The molecule has 0 atom stereocenters. The minimum absolute atomic E-state index is 0.0293. The number of nitriles is 1. The van der Waals surface area contributed by atoms with Gasteiger partial charge in [-0.25, -0.2) is 8.42 Å². The Hall–Kier alpha value is -3.34. The Morgan fingerprint density at radius 3 is 2.48 bits per heavy atom. The Kier molecular flexibility index (Phi) is 5.87. The van der Waals surface area contributed by atoms with Crippen LogP contribution in [0.5, 0.6) is 0 Å². The van der Waals surface area contributed by atoms with E-state index in [-0.39, 0.29) is 10.5 Å². The monoisotopic (exact) mass is 425 g/mol. The Bertz CT molecular complexity index is 1220. The minimum atomic E-state index is -3.90. The van der Waals surface area contributed by atoms with Crippen LogP contribution in [-0.2, 0) is 10.0 Å². The van der Waals surface area contributed by atoms with Crippen molar-refractivity contribution in [1.82, 2.24) is 0 Å². The molecule has 0 saturated carbocycles. The molecule has 0 radical (unpaired) electrons. The fourth-order valence-corrected chi connectivity index (χ4v) is 4.05. The van der Waals surface area contributed by atoms with Gasteiger partial charge in [0, 0.05) is 23.3 Å². The van der Waals surface area contributed by atoms with Gasteiger partial charge in [-0.05, 0) is 54.6 Å². The summed E-state index contributed by atoms with van der Waals surface area (Å²) in [6.07, 6.45) is 0. The number of nitrogens with one attached hydrogen (secondary N) is 1. The average Bonchev–Trinajstić information content (AvgIpc) is 2.73. The fourth-order valence-electron chi connectivity index (χ4n) is 2.64. The molecule has 1 amide bonds. The largest absolute Gasteiger partial charge is 0.322 e. The van der Waals surface area contributed by atoms with E-state index in [0.29, 0.717) is 22.0 Å². The normalized spacial score (nSPS) is 10.8. The van der Waals surface area contributed by atoms with Crippen molar-refractivity contribution < 1.29 is 13.2 Å². The van der Waals surface area contributed by atoms with Gasteiger partial charge in [0.25, 0.3) is 15.9 Å². The predicted octanol–water partition coefficient (Wildman–Crippen LogP) is 4.29. The van der Waals surface area contributed by atoms with E-state index in [1.54, 1.807) is 36.4 Å². The molecule has 146 valence electrons. The number of benzene rings is 3. The van der Waals surface area contributed by atoms with Gasteiger partial charge in [-0.15, -0.1) is 0 Å². The Labute approximate surface area is 174 Å². The van der Waals surface area contributed by atoms with Gasteiger partial charge in [0.05, 0.1) is 22.2 Å². The number of halogens is 1. The van der Waals surface area contributed by atoms with Gasteiger partial charge < -0.3 is 5.32 Å². The summed E-state index contributed by atoms with van der Waals surface area (Å²) in [7, 11) is -2.48. The smallest absolute Gasteiger partial charge is 0.264 e. The average molecular weight is 426 g/mol. The number of nitrogens with zero attached hydrogens (tertiary/aromatic N) is 2. The molecule has 0 spiro atoms. The molecule has 3 aromatic carbocycles. The summed E-state index contributed by atoms with van der Waals surface area (Å²) < 4.78 is 27.1. The molecule has 0 aromatic heterocycles. The zero-order valence-corrected chi connectivity index (χ0v) is 16.9. The summed E-state index contributed by atoms with van der Waals surface area (Å²) in [5.41, 5.74) is 1.43. The van der Waals surface area contributed by atoms with Crippen LogP contribution in [0.4, 0.5) is 11.4 Å². The number of sulfonamides is 1. The molecule has 0 heterocycles. The van der Waals surface area contributed by atoms with Gasteiger partial charge in [-0.3, -0.25) is 9.10 Å². The van der Waals surface area contributed by atoms with Crippen molar-refractivity contribution >= 4 is 38.9 Å². The van der Waals surface area contributed by atoms with Crippen molar-refractivity contribution in [3.8, 4) is 6.07 Å². The molecule has 0 aliphatic rings. The second kappa shape index (κ2) is 8.35. The highest BCUT2D eigenvalue weighted by Gasteiger charge is 2.22. The molecule has 6 nitrogen and oxygen atoms in total. The first-order valence-electron chi connectivity index (χ1n) is 8.47. The highest BCUT2D eigenvalue weighted by atomic mass is 35.5. The molecular weight excluding hydrogens is 410 g/mol. The summed E-state index contributed by atoms with van der Waals surface area (Å²) in [5, 5.41) is 12.0. The first-order valence-corrected chi connectivity index (χ1v) is 10.3. The second-order valence-corrected chi connectivity index (χ2v) is 8.53. The van der Waals surface area contributed by atoms with Crippen molar-refractivity contribution in [1.29, 1.82) is 5.26 Å². The van der Waals surface area contributed by atoms with Crippen molar-refractivity contribution in [3.05, 3.63) is 88.9 Å². The molecule has 0 fully saturated rings. The third kappa shape index (κ3) is 4.57. The maximum Gasteiger partial charge on any atom is 0.264 e. The lowest BCUT2D eigenvalue weighted by Crippen LogP contribution is -2.26. The standard InChI is InChI=1S/C21H16ClN3O3S/c1-25(19-9-4-7-17(22)13-19)29(27,28)20-10-3-6-16(12-20)21(26)24-18-8-2-5-15(11-18)14-23/h2-13H,1H3,(H,24,26). The van der Waals surface area contributed by atoms with E-state index in [2.05, 4.69) is 5.32 Å².